The quantitative estimate of drug-likeness (QED) is 0.534. The molecular weight excluding hydrogens is 493 g/mol. The van der Waals surface area contributed by atoms with Gasteiger partial charge in [-0.05, 0) is 60.7 Å². The van der Waals surface area contributed by atoms with Gasteiger partial charge < -0.3 is 9.47 Å². The van der Waals surface area contributed by atoms with E-state index in [9.17, 15) is 26.0 Å². The summed E-state index contributed by atoms with van der Waals surface area (Å²) < 4.78 is 109. The molecule has 2 aromatic carbocycles. The topological polar surface area (TPSA) is 55.8 Å². The van der Waals surface area contributed by atoms with Gasteiger partial charge in [0, 0.05) is 37.1 Å². The maximum absolute atomic E-state index is 16.0. The Labute approximate surface area is 198 Å². The van der Waals surface area contributed by atoms with E-state index in [1.54, 1.807) is 0 Å². The SMILES string of the molecule is O=S(=O)(N1CCC(F)(F)CC1)C1(F)C=CC2=C(C1)OC(c1ccc(F)cc1)(c1ccc(F)cc1)O2. The molecule has 1 fully saturated rings. The molecule has 3 aliphatic rings. The largest absolute Gasteiger partial charge is 0.445 e. The molecule has 5 rings (SSSR count). The third kappa shape index (κ3) is 4.00. The number of allylic oxidation sites excluding steroid dienone is 2. The number of hydrogen-bond donors (Lipinski definition) is 0. The van der Waals surface area contributed by atoms with Gasteiger partial charge in [0.2, 0.25) is 5.00 Å². The highest BCUT2D eigenvalue weighted by Crippen LogP contribution is 2.50. The minimum atomic E-state index is -4.67. The monoisotopic (exact) mass is 513 g/mol. The second-order valence-corrected chi connectivity index (χ2v) is 10.8. The molecule has 0 saturated carbocycles. The number of piperidine rings is 1. The van der Waals surface area contributed by atoms with Crippen LogP contribution in [0.3, 0.4) is 0 Å². The summed E-state index contributed by atoms with van der Waals surface area (Å²) in [5.41, 5.74) is 0.609. The first kappa shape index (κ1) is 23.8. The normalized spacial score (nSPS) is 25.6. The number of alkyl halides is 3. The van der Waals surface area contributed by atoms with Crippen molar-refractivity contribution in [1.29, 1.82) is 0 Å². The van der Waals surface area contributed by atoms with Crippen molar-refractivity contribution in [2.45, 2.75) is 36.0 Å². The summed E-state index contributed by atoms with van der Waals surface area (Å²) in [6, 6.07) is 10.2. The molecular formula is C24H20F5NO4S. The average molecular weight is 513 g/mol. The van der Waals surface area contributed by atoms with E-state index in [4.69, 9.17) is 9.47 Å². The molecule has 0 spiro atoms. The summed E-state index contributed by atoms with van der Waals surface area (Å²) in [6.45, 7) is -1.01. The van der Waals surface area contributed by atoms with Crippen molar-refractivity contribution >= 4 is 10.0 Å². The Morgan fingerprint density at radius 2 is 1.31 bits per heavy atom. The molecule has 5 nitrogen and oxygen atoms in total. The van der Waals surface area contributed by atoms with E-state index >= 15 is 4.39 Å². The zero-order valence-corrected chi connectivity index (χ0v) is 19.0. The van der Waals surface area contributed by atoms with Crippen molar-refractivity contribution in [2.75, 3.05) is 13.1 Å². The van der Waals surface area contributed by atoms with Crippen LogP contribution in [0.4, 0.5) is 22.0 Å². The van der Waals surface area contributed by atoms with Gasteiger partial charge in [0.1, 0.15) is 17.4 Å². The number of benzene rings is 2. The predicted molar refractivity (Wildman–Crippen MR) is 115 cm³/mol. The summed E-state index contributed by atoms with van der Waals surface area (Å²) in [5.74, 6) is -5.89. The number of sulfonamides is 1. The Hall–Kier alpha value is -2.92. The summed E-state index contributed by atoms with van der Waals surface area (Å²) in [6.07, 6.45) is -0.236. The molecule has 1 atom stereocenters. The lowest BCUT2D eigenvalue weighted by Crippen LogP contribution is -2.50. The number of halogens is 5. The first-order chi connectivity index (χ1) is 16.4. The van der Waals surface area contributed by atoms with Crippen LogP contribution in [0, 0.1) is 11.6 Å². The van der Waals surface area contributed by atoms with Crippen LogP contribution in [-0.4, -0.2) is 36.7 Å². The van der Waals surface area contributed by atoms with Crippen molar-refractivity contribution in [2.24, 2.45) is 0 Å². The molecule has 0 bridgehead atoms. The van der Waals surface area contributed by atoms with Crippen LogP contribution in [0.5, 0.6) is 0 Å². The van der Waals surface area contributed by atoms with Gasteiger partial charge in [-0.15, -0.1) is 0 Å². The molecule has 2 aromatic rings. The zero-order chi connectivity index (χ0) is 25.1. The average Bonchev–Trinajstić information content (AvgIpc) is 3.19. The summed E-state index contributed by atoms with van der Waals surface area (Å²) in [4.78, 5) is 0. The standard InChI is InChI=1S/C24H20F5NO4S/c25-18-5-1-16(2-6-18)24(17-3-7-19(26)8-4-17)33-20-9-10-23(29,15-21(20)34-24)35(31,32)30-13-11-22(27,28)12-14-30/h1-10H,11-15H2. The molecule has 35 heavy (non-hydrogen) atoms. The van der Waals surface area contributed by atoms with E-state index in [1.807, 2.05) is 0 Å². The number of ether oxygens (including phenoxy) is 2. The fourth-order valence-electron chi connectivity index (χ4n) is 4.37. The molecule has 11 heteroatoms. The summed E-state index contributed by atoms with van der Waals surface area (Å²) in [7, 11) is -4.67. The molecule has 186 valence electrons. The van der Waals surface area contributed by atoms with Gasteiger partial charge in [0.15, 0.2) is 5.76 Å². The van der Waals surface area contributed by atoms with Gasteiger partial charge in [0.25, 0.3) is 15.9 Å². The van der Waals surface area contributed by atoms with Crippen LogP contribution >= 0.6 is 0 Å². The molecule has 0 aromatic heterocycles. The fraction of sp³-hybridized carbons (Fsp3) is 0.333. The maximum Gasteiger partial charge on any atom is 0.305 e. The molecule has 2 aliphatic heterocycles. The lowest BCUT2D eigenvalue weighted by Gasteiger charge is -2.35. The second kappa shape index (κ2) is 8.06. The number of hydrogen-bond acceptors (Lipinski definition) is 4. The molecule has 0 N–H and O–H groups in total. The molecule has 2 heterocycles. The lowest BCUT2D eigenvalue weighted by molar-refractivity contribution is -0.126. The van der Waals surface area contributed by atoms with Crippen molar-refractivity contribution in [1.82, 2.24) is 4.31 Å². The van der Waals surface area contributed by atoms with Crippen molar-refractivity contribution in [3.8, 4) is 0 Å². The van der Waals surface area contributed by atoms with Gasteiger partial charge in [-0.1, -0.05) is 0 Å². The Bertz CT molecular complexity index is 1250. The van der Waals surface area contributed by atoms with Crippen molar-refractivity contribution < 1.29 is 39.8 Å². The van der Waals surface area contributed by atoms with E-state index < -0.39 is 70.7 Å². The van der Waals surface area contributed by atoms with Crippen LogP contribution in [0.25, 0.3) is 0 Å². The van der Waals surface area contributed by atoms with E-state index in [1.165, 1.54) is 24.3 Å². The van der Waals surface area contributed by atoms with Crippen LogP contribution in [-0.2, 0) is 25.3 Å². The molecule has 1 unspecified atom stereocenters. The van der Waals surface area contributed by atoms with Crippen LogP contribution in [0.1, 0.15) is 30.4 Å². The molecule has 0 amide bonds. The van der Waals surface area contributed by atoms with E-state index in [-0.39, 0.29) is 11.5 Å². The zero-order valence-electron chi connectivity index (χ0n) is 18.2. The van der Waals surface area contributed by atoms with Crippen LogP contribution in [0.15, 0.2) is 72.2 Å². The first-order valence-corrected chi connectivity index (χ1v) is 12.3. The predicted octanol–water partition coefficient (Wildman–Crippen LogP) is 5.11. The minimum Gasteiger partial charge on any atom is -0.445 e. The number of rotatable bonds is 4. The van der Waals surface area contributed by atoms with Gasteiger partial charge in [-0.3, -0.25) is 0 Å². The summed E-state index contributed by atoms with van der Waals surface area (Å²) in [5, 5.41) is -2.95. The highest BCUT2D eigenvalue weighted by Gasteiger charge is 2.55. The second-order valence-electron chi connectivity index (χ2n) is 8.68. The van der Waals surface area contributed by atoms with Gasteiger partial charge >= 0.3 is 5.79 Å². The third-order valence-corrected chi connectivity index (χ3v) is 8.53. The van der Waals surface area contributed by atoms with Crippen LogP contribution < -0.4 is 0 Å². The highest BCUT2D eigenvalue weighted by molar-refractivity contribution is 7.90. The van der Waals surface area contributed by atoms with Gasteiger partial charge in [-0.2, -0.15) is 4.31 Å². The lowest BCUT2D eigenvalue weighted by atomic mass is 9.97. The Morgan fingerprint density at radius 1 is 0.800 bits per heavy atom. The fourth-order valence-corrected chi connectivity index (χ4v) is 6.02. The van der Waals surface area contributed by atoms with Crippen molar-refractivity contribution in [3.05, 3.63) is 95.0 Å². The minimum absolute atomic E-state index is 0.0484. The molecule has 1 saturated heterocycles. The number of nitrogens with zero attached hydrogens (tertiary/aromatic N) is 1. The highest BCUT2D eigenvalue weighted by atomic mass is 32.2. The van der Waals surface area contributed by atoms with Gasteiger partial charge in [-0.25, -0.2) is 30.4 Å². The van der Waals surface area contributed by atoms with E-state index in [0.29, 0.717) is 11.1 Å². The molecule has 0 radical (unpaired) electrons. The smallest absolute Gasteiger partial charge is 0.305 e. The Kier molecular flexibility index (Phi) is 5.48. The van der Waals surface area contributed by atoms with Crippen LogP contribution in [0.2, 0.25) is 0 Å². The molecule has 1 aliphatic carbocycles. The van der Waals surface area contributed by atoms with E-state index in [2.05, 4.69) is 0 Å². The van der Waals surface area contributed by atoms with Gasteiger partial charge in [0.05, 0.1) is 6.42 Å². The van der Waals surface area contributed by atoms with Crippen molar-refractivity contribution in [3.63, 3.8) is 0 Å². The Morgan fingerprint density at radius 3 is 1.83 bits per heavy atom. The first-order valence-electron chi connectivity index (χ1n) is 10.8. The maximum atomic E-state index is 16.0. The summed E-state index contributed by atoms with van der Waals surface area (Å²) >= 11 is 0. The van der Waals surface area contributed by atoms with E-state index in [0.717, 1.165) is 40.7 Å². The Balaban J connectivity index is 1.47. The third-order valence-electron chi connectivity index (χ3n) is 6.35.